The summed E-state index contributed by atoms with van der Waals surface area (Å²) >= 11 is 3.39. The molecule has 1 rings (SSSR count). The number of hydrogen-bond acceptors (Lipinski definition) is 3. The van der Waals surface area contributed by atoms with Gasteiger partial charge in [-0.05, 0) is 51.8 Å². The summed E-state index contributed by atoms with van der Waals surface area (Å²) in [6.07, 6.45) is 0.156. The van der Waals surface area contributed by atoms with Crippen LogP contribution in [-0.2, 0) is 9.53 Å². The minimum Gasteiger partial charge on any atom is -0.444 e. The summed E-state index contributed by atoms with van der Waals surface area (Å²) in [6.45, 7) is 8.96. The summed E-state index contributed by atoms with van der Waals surface area (Å²) in [5.74, 6) is -0.245. The van der Waals surface area contributed by atoms with E-state index in [9.17, 15) is 9.59 Å². The smallest absolute Gasteiger partial charge is 0.408 e. The fourth-order valence-corrected chi connectivity index (χ4v) is 2.23. The normalized spacial score (nSPS) is 13.8. The van der Waals surface area contributed by atoms with E-state index in [0.29, 0.717) is 0 Å². The molecule has 2 amide bonds. The molecule has 128 valence electrons. The van der Waals surface area contributed by atoms with Gasteiger partial charge in [-0.2, -0.15) is 0 Å². The largest absolute Gasteiger partial charge is 0.444 e. The third-order valence-corrected chi connectivity index (χ3v) is 3.65. The standard InChI is InChI=1S/C17H25BrN2O3/c1-6-14(12-7-9-13(18)10-8-12)20-15(21)11(2)19-16(22)23-17(3,4)5/h7-11,14H,6H2,1-5H3,(H,19,22)(H,20,21). The Hall–Kier alpha value is -1.56. The molecule has 0 aliphatic carbocycles. The zero-order chi connectivity index (χ0) is 17.6. The fourth-order valence-electron chi connectivity index (χ4n) is 1.96. The van der Waals surface area contributed by atoms with Crippen molar-refractivity contribution < 1.29 is 14.3 Å². The number of hydrogen-bond donors (Lipinski definition) is 2. The molecule has 2 N–H and O–H groups in total. The molecule has 0 aliphatic heterocycles. The lowest BCUT2D eigenvalue weighted by Gasteiger charge is -2.23. The van der Waals surface area contributed by atoms with Gasteiger partial charge in [-0.1, -0.05) is 35.0 Å². The van der Waals surface area contributed by atoms with Crippen LogP contribution in [0.15, 0.2) is 28.7 Å². The van der Waals surface area contributed by atoms with Gasteiger partial charge in [0.2, 0.25) is 5.91 Å². The number of amides is 2. The fraction of sp³-hybridized carbons (Fsp3) is 0.529. The second-order valence-electron chi connectivity index (χ2n) is 6.39. The van der Waals surface area contributed by atoms with Crippen molar-refractivity contribution in [1.29, 1.82) is 0 Å². The third-order valence-electron chi connectivity index (χ3n) is 3.12. The third kappa shape index (κ3) is 7.03. The molecule has 0 radical (unpaired) electrons. The lowest BCUT2D eigenvalue weighted by molar-refractivity contribution is -0.123. The molecule has 0 aromatic heterocycles. The van der Waals surface area contributed by atoms with Gasteiger partial charge in [0.15, 0.2) is 0 Å². The number of nitrogens with one attached hydrogen (secondary N) is 2. The minimum atomic E-state index is -0.672. The van der Waals surface area contributed by atoms with Gasteiger partial charge in [0.05, 0.1) is 6.04 Å². The Bertz CT molecular complexity index is 538. The van der Waals surface area contributed by atoms with E-state index in [1.165, 1.54) is 0 Å². The van der Waals surface area contributed by atoms with Crippen LogP contribution >= 0.6 is 15.9 Å². The van der Waals surface area contributed by atoms with Crippen LogP contribution in [0.3, 0.4) is 0 Å². The Morgan fingerprint density at radius 1 is 1.17 bits per heavy atom. The summed E-state index contributed by atoms with van der Waals surface area (Å²) in [4.78, 5) is 24.0. The van der Waals surface area contributed by atoms with Crippen LogP contribution in [0.5, 0.6) is 0 Å². The van der Waals surface area contributed by atoms with Gasteiger partial charge >= 0.3 is 6.09 Å². The van der Waals surface area contributed by atoms with E-state index in [0.717, 1.165) is 16.5 Å². The molecule has 6 heteroatoms. The van der Waals surface area contributed by atoms with Crippen molar-refractivity contribution in [2.45, 2.75) is 58.7 Å². The maximum atomic E-state index is 12.3. The van der Waals surface area contributed by atoms with E-state index in [1.807, 2.05) is 31.2 Å². The zero-order valence-corrected chi connectivity index (χ0v) is 15.9. The summed E-state index contributed by atoms with van der Waals surface area (Å²) in [5, 5.41) is 5.49. The van der Waals surface area contributed by atoms with E-state index < -0.39 is 17.7 Å². The molecule has 5 nitrogen and oxygen atoms in total. The van der Waals surface area contributed by atoms with Crippen LogP contribution in [0.1, 0.15) is 52.6 Å². The van der Waals surface area contributed by atoms with Crippen molar-refractivity contribution in [3.8, 4) is 0 Å². The highest BCUT2D eigenvalue weighted by Gasteiger charge is 2.22. The highest BCUT2D eigenvalue weighted by molar-refractivity contribution is 9.10. The Morgan fingerprint density at radius 2 is 1.74 bits per heavy atom. The molecule has 0 bridgehead atoms. The first-order valence-electron chi connectivity index (χ1n) is 7.67. The first kappa shape index (κ1) is 19.5. The van der Waals surface area contributed by atoms with Crippen molar-refractivity contribution in [1.82, 2.24) is 10.6 Å². The van der Waals surface area contributed by atoms with E-state index in [4.69, 9.17) is 4.74 Å². The summed E-state index contributed by atoms with van der Waals surface area (Å²) < 4.78 is 6.14. The van der Waals surface area contributed by atoms with Crippen molar-refractivity contribution in [2.24, 2.45) is 0 Å². The predicted molar refractivity (Wildman–Crippen MR) is 94.1 cm³/mol. The lowest BCUT2D eigenvalue weighted by Crippen LogP contribution is -2.47. The first-order chi connectivity index (χ1) is 10.6. The number of rotatable bonds is 5. The molecule has 23 heavy (non-hydrogen) atoms. The Morgan fingerprint density at radius 3 is 2.22 bits per heavy atom. The number of ether oxygens (including phenoxy) is 1. The summed E-state index contributed by atoms with van der Waals surface area (Å²) in [6, 6.07) is 7.03. The van der Waals surface area contributed by atoms with Crippen LogP contribution in [-0.4, -0.2) is 23.6 Å². The first-order valence-corrected chi connectivity index (χ1v) is 8.47. The number of halogens is 1. The van der Waals surface area contributed by atoms with Gasteiger partial charge in [-0.3, -0.25) is 4.79 Å². The van der Waals surface area contributed by atoms with Gasteiger partial charge in [-0.15, -0.1) is 0 Å². The molecule has 2 unspecified atom stereocenters. The highest BCUT2D eigenvalue weighted by Crippen LogP contribution is 2.19. The van der Waals surface area contributed by atoms with Crippen molar-refractivity contribution in [3.05, 3.63) is 34.3 Å². The van der Waals surface area contributed by atoms with Gasteiger partial charge < -0.3 is 15.4 Å². The van der Waals surface area contributed by atoms with Crippen molar-refractivity contribution in [2.75, 3.05) is 0 Å². The van der Waals surface area contributed by atoms with Gasteiger partial charge in [0, 0.05) is 4.47 Å². The van der Waals surface area contributed by atoms with E-state index in [1.54, 1.807) is 27.7 Å². The second-order valence-corrected chi connectivity index (χ2v) is 7.30. The average Bonchev–Trinajstić information content (AvgIpc) is 2.43. The average molecular weight is 385 g/mol. The number of benzene rings is 1. The maximum absolute atomic E-state index is 12.3. The van der Waals surface area contributed by atoms with Crippen molar-refractivity contribution in [3.63, 3.8) is 0 Å². The van der Waals surface area contributed by atoms with Crippen LogP contribution in [0, 0.1) is 0 Å². The molecule has 0 saturated carbocycles. The lowest BCUT2D eigenvalue weighted by atomic mass is 10.0. The van der Waals surface area contributed by atoms with Gasteiger partial charge in [-0.25, -0.2) is 4.79 Å². The Labute approximate surface area is 146 Å². The molecule has 0 fully saturated rings. The maximum Gasteiger partial charge on any atom is 0.408 e. The molecular formula is C17H25BrN2O3. The number of alkyl carbamates (subject to hydrolysis) is 1. The molecule has 2 atom stereocenters. The van der Waals surface area contributed by atoms with Crippen LogP contribution < -0.4 is 10.6 Å². The Balaban J connectivity index is 2.62. The molecule has 0 aliphatic rings. The SMILES string of the molecule is CCC(NC(=O)C(C)NC(=O)OC(C)(C)C)c1ccc(Br)cc1. The molecular weight excluding hydrogens is 360 g/mol. The molecule has 0 spiro atoms. The quantitative estimate of drug-likeness (QED) is 0.807. The zero-order valence-electron chi connectivity index (χ0n) is 14.3. The minimum absolute atomic E-state index is 0.0986. The van der Waals surface area contributed by atoms with Gasteiger partial charge in [0.1, 0.15) is 11.6 Å². The van der Waals surface area contributed by atoms with Gasteiger partial charge in [0.25, 0.3) is 0 Å². The van der Waals surface area contributed by atoms with E-state index in [2.05, 4.69) is 26.6 Å². The predicted octanol–water partition coefficient (Wildman–Crippen LogP) is 3.93. The van der Waals surface area contributed by atoms with Crippen LogP contribution in [0.4, 0.5) is 4.79 Å². The molecule has 1 aromatic rings. The number of carbonyl (C=O) groups excluding carboxylic acids is 2. The number of carbonyl (C=O) groups is 2. The second kappa shape index (κ2) is 8.34. The van der Waals surface area contributed by atoms with E-state index >= 15 is 0 Å². The summed E-state index contributed by atoms with van der Waals surface area (Å²) in [7, 11) is 0. The molecule has 1 aromatic carbocycles. The van der Waals surface area contributed by atoms with Crippen LogP contribution in [0.25, 0.3) is 0 Å². The molecule has 0 saturated heterocycles. The van der Waals surface area contributed by atoms with E-state index in [-0.39, 0.29) is 11.9 Å². The topological polar surface area (TPSA) is 67.4 Å². The Kier molecular flexibility index (Phi) is 7.06. The highest BCUT2D eigenvalue weighted by atomic mass is 79.9. The monoisotopic (exact) mass is 384 g/mol. The van der Waals surface area contributed by atoms with Crippen molar-refractivity contribution >= 4 is 27.9 Å². The van der Waals surface area contributed by atoms with Crippen LogP contribution in [0.2, 0.25) is 0 Å². The summed E-state index contributed by atoms with van der Waals surface area (Å²) in [5.41, 5.74) is 0.428. The molecule has 0 heterocycles.